The first-order valence-corrected chi connectivity index (χ1v) is 27.4. The molecule has 0 aliphatic heterocycles. The van der Waals surface area contributed by atoms with E-state index in [0.717, 1.165) is 0 Å². The predicted molar refractivity (Wildman–Crippen MR) is 292 cm³/mol. The van der Waals surface area contributed by atoms with Gasteiger partial charge in [-0.25, -0.2) is 4.79 Å². The molecule has 0 aromatic heterocycles. The minimum absolute atomic E-state index is 0.0101. The molecule has 0 heterocycles. The van der Waals surface area contributed by atoms with Crippen molar-refractivity contribution in [1.82, 2.24) is 47.9 Å². The molecule has 79 heavy (non-hydrogen) atoms. The second-order valence-corrected chi connectivity index (χ2v) is 20.8. The van der Waals surface area contributed by atoms with E-state index in [1.54, 1.807) is 55.4 Å². The molecule has 0 spiro atoms. The van der Waals surface area contributed by atoms with Crippen LogP contribution in [0.3, 0.4) is 0 Å². The maximum absolute atomic E-state index is 14.2. The van der Waals surface area contributed by atoms with E-state index in [2.05, 4.69) is 47.9 Å². The highest BCUT2D eigenvalue weighted by Gasteiger charge is 2.37. The topological polar surface area (TPSA) is 484 Å². The Bertz CT molecular complexity index is 2010. The SMILES string of the molecule is CC[C@H](C)[C@H](NC(=O)CNC(=O)[C@@H](NC(=O)[C@H](CCCCN)NC(=O)[C@H](CC(=O)O)NC(=O)[C@H](CC(C)C)NC(=O)[C@@H](NC(=O)[C@H](CCCCN)NC(=O)[C@@H](N)CCCCN)[C@@H](C)CC)C(C)C)C(=O)N[C@@H](CC(N)=O)C(=O)O. The van der Waals surface area contributed by atoms with E-state index in [4.69, 9.17) is 28.7 Å². The zero-order valence-electron chi connectivity index (χ0n) is 47.4. The van der Waals surface area contributed by atoms with Gasteiger partial charge in [0.2, 0.25) is 59.1 Å². The van der Waals surface area contributed by atoms with Gasteiger partial charge < -0.3 is 86.7 Å². The van der Waals surface area contributed by atoms with Crippen molar-refractivity contribution in [1.29, 1.82) is 0 Å². The lowest BCUT2D eigenvalue weighted by atomic mass is 9.96. The lowest BCUT2D eigenvalue weighted by Gasteiger charge is -2.30. The second-order valence-electron chi connectivity index (χ2n) is 20.8. The van der Waals surface area contributed by atoms with Crippen LogP contribution < -0.4 is 76.5 Å². The number of nitrogens with one attached hydrogen (secondary N) is 9. The minimum Gasteiger partial charge on any atom is -0.481 e. The molecule has 0 rings (SSSR count). The normalized spacial score (nSPS) is 15.4. The van der Waals surface area contributed by atoms with Crippen LogP contribution in [0.5, 0.6) is 0 Å². The highest BCUT2D eigenvalue weighted by atomic mass is 16.4. The lowest BCUT2D eigenvalue weighted by molar-refractivity contribution is -0.144. The summed E-state index contributed by atoms with van der Waals surface area (Å²) in [5.74, 6) is -13.6. The van der Waals surface area contributed by atoms with E-state index in [1.807, 2.05) is 0 Å². The molecule has 0 bridgehead atoms. The van der Waals surface area contributed by atoms with Gasteiger partial charge in [-0.15, -0.1) is 0 Å². The Morgan fingerprint density at radius 2 is 0.848 bits per heavy atom. The molecule has 0 saturated carbocycles. The molecule has 28 heteroatoms. The van der Waals surface area contributed by atoms with Crippen LogP contribution in [0.2, 0.25) is 0 Å². The van der Waals surface area contributed by atoms with E-state index in [9.17, 15) is 67.7 Å². The summed E-state index contributed by atoms with van der Waals surface area (Å²) in [6, 6.07) is -12.1. The number of unbranched alkanes of at least 4 members (excludes halogenated alkanes) is 3. The number of hydrogen-bond donors (Lipinski definition) is 16. The quantitative estimate of drug-likeness (QED) is 0.0270. The number of carbonyl (C=O) groups excluding carboxylic acids is 10. The van der Waals surface area contributed by atoms with Crippen molar-refractivity contribution in [2.45, 2.75) is 200 Å². The number of hydrogen-bond acceptors (Lipinski definition) is 16. The monoisotopic (exact) mass is 1130 g/mol. The van der Waals surface area contributed by atoms with Crippen LogP contribution in [0, 0.1) is 23.7 Å². The van der Waals surface area contributed by atoms with Gasteiger partial charge in [0.1, 0.15) is 48.3 Å². The van der Waals surface area contributed by atoms with Crippen LogP contribution in [-0.4, -0.2) is 162 Å². The number of rotatable bonds is 42. The molecular formula is C51H94N14O14. The van der Waals surface area contributed by atoms with Crippen molar-refractivity contribution in [3.8, 4) is 0 Å². The van der Waals surface area contributed by atoms with Crippen LogP contribution in [0.15, 0.2) is 0 Å². The van der Waals surface area contributed by atoms with Gasteiger partial charge in [0.05, 0.1) is 25.4 Å². The van der Waals surface area contributed by atoms with E-state index >= 15 is 0 Å². The third kappa shape index (κ3) is 28.8. The molecule has 452 valence electrons. The van der Waals surface area contributed by atoms with Crippen LogP contribution in [0.25, 0.3) is 0 Å². The van der Waals surface area contributed by atoms with E-state index in [-0.39, 0.29) is 38.1 Å². The number of carboxylic acid groups (broad SMARTS) is 2. The average Bonchev–Trinajstić information content (AvgIpc) is 3.37. The largest absolute Gasteiger partial charge is 0.481 e. The average molecular weight is 1130 g/mol. The summed E-state index contributed by atoms with van der Waals surface area (Å²) in [5, 5.41) is 42.0. The van der Waals surface area contributed by atoms with Gasteiger partial charge in [0.15, 0.2) is 0 Å². The summed E-state index contributed by atoms with van der Waals surface area (Å²) in [6.07, 6.45) is 2.41. The molecule has 11 atom stereocenters. The van der Waals surface area contributed by atoms with Crippen molar-refractivity contribution < 1.29 is 67.7 Å². The Kier molecular flexibility index (Phi) is 35.7. The van der Waals surface area contributed by atoms with Crippen molar-refractivity contribution >= 4 is 71.0 Å². The maximum Gasteiger partial charge on any atom is 0.326 e. The molecular weight excluding hydrogens is 1030 g/mol. The molecule has 0 aliphatic rings. The number of aliphatic carboxylic acids is 2. The predicted octanol–water partition coefficient (Wildman–Crippen LogP) is -3.08. The Morgan fingerprint density at radius 1 is 0.443 bits per heavy atom. The Balaban J connectivity index is 6.53. The highest BCUT2D eigenvalue weighted by molar-refractivity contribution is 5.99. The highest BCUT2D eigenvalue weighted by Crippen LogP contribution is 2.15. The van der Waals surface area contributed by atoms with Crippen LogP contribution in [0.1, 0.15) is 145 Å². The van der Waals surface area contributed by atoms with Crippen molar-refractivity contribution in [2.75, 3.05) is 26.2 Å². The van der Waals surface area contributed by atoms with Crippen molar-refractivity contribution in [3.05, 3.63) is 0 Å². The van der Waals surface area contributed by atoms with Crippen molar-refractivity contribution in [2.24, 2.45) is 52.3 Å². The smallest absolute Gasteiger partial charge is 0.326 e. The number of nitrogens with two attached hydrogens (primary N) is 5. The van der Waals surface area contributed by atoms with Crippen LogP contribution >= 0.6 is 0 Å². The molecule has 0 unspecified atom stereocenters. The van der Waals surface area contributed by atoms with Gasteiger partial charge in [-0.3, -0.25) is 52.7 Å². The van der Waals surface area contributed by atoms with E-state index in [0.29, 0.717) is 64.5 Å². The Hall–Kier alpha value is -6.52. The van der Waals surface area contributed by atoms with Gasteiger partial charge >= 0.3 is 11.9 Å². The molecule has 0 aromatic carbocycles. The standard InChI is InChI=1S/C51H94N14O14/c1-9-29(7)41(49(76)62-36(51(78)79)24-37(56)66)63-38(67)26-57-48(75)40(28(5)6)64-44(71)33(19-13-16-22-54)59-47(74)35(25-39(68)69)60-46(73)34(23-27(3)4)61-50(77)42(30(8)10-2)65-45(72)32(18-12-15-21-53)58-43(70)31(55)17-11-14-20-52/h27-36,40-42H,9-26,52-55H2,1-8H3,(H2,56,66)(H,57,75)(H,58,70)(H,59,74)(H,60,73)(H,61,77)(H,62,76)(H,63,67)(H,64,71)(H,65,72)(H,68,69)(H,78,79)/t29-,30-,31-,32-,33-,34-,35-,36-,40-,41-,42-/m0/s1. The van der Waals surface area contributed by atoms with E-state index in [1.165, 1.54) is 0 Å². The third-order valence-electron chi connectivity index (χ3n) is 13.1. The lowest BCUT2D eigenvalue weighted by Crippen LogP contribution is -2.61. The first-order chi connectivity index (χ1) is 37.1. The second kappa shape index (κ2) is 38.9. The Morgan fingerprint density at radius 3 is 1.28 bits per heavy atom. The molecule has 21 N–H and O–H groups in total. The summed E-state index contributed by atoms with van der Waals surface area (Å²) < 4.78 is 0. The minimum atomic E-state index is -1.81. The molecule has 0 aliphatic carbocycles. The zero-order valence-corrected chi connectivity index (χ0v) is 47.4. The first-order valence-electron chi connectivity index (χ1n) is 27.4. The van der Waals surface area contributed by atoms with Crippen LogP contribution in [0.4, 0.5) is 0 Å². The summed E-state index contributed by atoms with van der Waals surface area (Å²) >= 11 is 0. The number of carbonyl (C=O) groups is 12. The summed E-state index contributed by atoms with van der Waals surface area (Å²) in [5.41, 5.74) is 28.2. The molecule has 0 radical (unpaired) electrons. The van der Waals surface area contributed by atoms with Gasteiger partial charge in [-0.2, -0.15) is 0 Å². The van der Waals surface area contributed by atoms with Crippen molar-refractivity contribution in [3.63, 3.8) is 0 Å². The van der Waals surface area contributed by atoms with Gasteiger partial charge in [0.25, 0.3) is 0 Å². The van der Waals surface area contributed by atoms with Gasteiger partial charge in [-0.1, -0.05) is 74.7 Å². The van der Waals surface area contributed by atoms with Gasteiger partial charge in [-0.05, 0) is 101 Å². The molecule has 0 fully saturated rings. The van der Waals surface area contributed by atoms with Crippen LogP contribution in [-0.2, 0) is 57.5 Å². The van der Waals surface area contributed by atoms with Gasteiger partial charge in [0, 0.05) is 0 Å². The summed E-state index contributed by atoms with van der Waals surface area (Å²) in [4.78, 5) is 158. The molecule has 0 aromatic rings. The van der Waals surface area contributed by atoms with E-state index < -0.39 is 163 Å². The first kappa shape index (κ1) is 72.5. The fraction of sp³-hybridized carbons (Fsp3) is 0.765. The Labute approximate surface area is 463 Å². The molecule has 28 nitrogen and oxygen atoms in total. The summed E-state index contributed by atoms with van der Waals surface area (Å²) in [7, 11) is 0. The number of carboxylic acids is 2. The zero-order chi connectivity index (χ0) is 60.5. The fourth-order valence-corrected chi connectivity index (χ4v) is 7.95. The third-order valence-corrected chi connectivity index (χ3v) is 13.1. The summed E-state index contributed by atoms with van der Waals surface area (Å²) in [6.45, 7) is 13.7. The number of primary amides is 1. The molecule has 0 saturated heterocycles. The maximum atomic E-state index is 14.2. The molecule has 10 amide bonds. The fourth-order valence-electron chi connectivity index (χ4n) is 7.95. The number of amides is 10.